The first kappa shape index (κ1) is 14.9. The second kappa shape index (κ2) is 5.88. The molecule has 6 heteroatoms. The zero-order valence-corrected chi connectivity index (χ0v) is 14.6. The van der Waals surface area contributed by atoms with E-state index in [9.17, 15) is 4.39 Å². The average Bonchev–Trinajstić information content (AvgIpc) is 2.60. The molecule has 2 rings (SSSR count). The third kappa shape index (κ3) is 3.99. The van der Waals surface area contributed by atoms with Gasteiger partial charge in [0.2, 0.25) is 0 Å². The molecule has 0 fully saturated rings. The molecular formula is C13H18FIN2OSi. The fourth-order valence-electron chi connectivity index (χ4n) is 1.74. The predicted octanol–water partition coefficient (Wildman–Crippen LogP) is 4.09. The number of aromatic nitrogens is 2. The van der Waals surface area contributed by atoms with Gasteiger partial charge in [-0.15, -0.1) is 0 Å². The molecule has 0 aliphatic heterocycles. The monoisotopic (exact) mass is 392 g/mol. The maximum Gasteiger partial charge on any atom is 0.143 e. The minimum Gasteiger partial charge on any atom is -0.361 e. The van der Waals surface area contributed by atoms with Crippen molar-refractivity contribution in [2.24, 2.45) is 0 Å². The number of pyridine rings is 1. The maximum absolute atomic E-state index is 13.2. The van der Waals surface area contributed by atoms with Gasteiger partial charge < -0.3 is 9.30 Å². The Hall–Kier alpha value is -0.473. The highest BCUT2D eigenvalue weighted by Crippen LogP contribution is 2.22. The molecule has 2 aromatic rings. The van der Waals surface area contributed by atoms with E-state index in [1.54, 1.807) is 0 Å². The highest BCUT2D eigenvalue weighted by atomic mass is 127. The van der Waals surface area contributed by atoms with E-state index >= 15 is 0 Å². The number of ether oxygens (including phenoxy) is 1. The maximum atomic E-state index is 13.2. The fraction of sp³-hybridized carbons (Fsp3) is 0.462. The SMILES string of the molecule is C[Si](C)(C)CCOCn1cc(I)c2cc(F)cnc21. The minimum atomic E-state index is -1.05. The second-order valence-corrected chi connectivity index (χ2v) is 12.6. The molecule has 0 saturated carbocycles. The zero-order valence-electron chi connectivity index (χ0n) is 11.4. The Morgan fingerprint density at radius 1 is 1.42 bits per heavy atom. The first-order chi connectivity index (χ1) is 8.87. The molecular weight excluding hydrogens is 374 g/mol. The third-order valence-corrected chi connectivity index (χ3v) is 5.42. The van der Waals surface area contributed by atoms with Crippen LogP contribution in [-0.4, -0.2) is 24.2 Å². The summed E-state index contributed by atoms with van der Waals surface area (Å²) in [5, 5.41) is 0.842. The average molecular weight is 392 g/mol. The van der Waals surface area contributed by atoms with Crippen molar-refractivity contribution >= 4 is 41.7 Å². The molecule has 19 heavy (non-hydrogen) atoms. The van der Waals surface area contributed by atoms with E-state index in [1.807, 2.05) is 10.8 Å². The molecule has 0 bridgehead atoms. The van der Waals surface area contributed by atoms with Gasteiger partial charge in [0.05, 0.1) is 6.20 Å². The normalized spacial score (nSPS) is 12.3. The van der Waals surface area contributed by atoms with Gasteiger partial charge in [-0.2, -0.15) is 0 Å². The van der Waals surface area contributed by atoms with Gasteiger partial charge in [-0.3, -0.25) is 0 Å². The van der Waals surface area contributed by atoms with Crippen molar-refractivity contribution < 1.29 is 9.13 Å². The summed E-state index contributed by atoms with van der Waals surface area (Å²) in [4.78, 5) is 4.14. The molecule has 0 amide bonds. The summed E-state index contributed by atoms with van der Waals surface area (Å²) in [5.74, 6) is -0.303. The Morgan fingerprint density at radius 3 is 2.84 bits per heavy atom. The second-order valence-electron chi connectivity index (χ2n) is 5.82. The molecule has 0 aromatic carbocycles. The quantitative estimate of drug-likeness (QED) is 0.435. The smallest absolute Gasteiger partial charge is 0.143 e. The van der Waals surface area contributed by atoms with E-state index in [1.165, 1.54) is 12.3 Å². The predicted molar refractivity (Wildman–Crippen MR) is 86.5 cm³/mol. The van der Waals surface area contributed by atoms with Crippen LogP contribution in [-0.2, 0) is 11.5 Å². The summed E-state index contributed by atoms with van der Waals surface area (Å²) < 4.78 is 21.8. The topological polar surface area (TPSA) is 27.1 Å². The number of fused-ring (bicyclic) bond motifs is 1. The van der Waals surface area contributed by atoms with Crippen LogP contribution in [0.25, 0.3) is 11.0 Å². The van der Waals surface area contributed by atoms with Crippen LogP contribution < -0.4 is 0 Å². The lowest BCUT2D eigenvalue weighted by atomic mass is 10.3. The molecule has 2 heterocycles. The molecule has 3 nitrogen and oxygen atoms in total. The lowest BCUT2D eigenvalue weighted by Crippen LogP contribution is -2.22. The van der Waals surface area contributed by atoms with Crippen LogP contribution >= 0.6 is 22.6 Å². The Bertz CT molecular complexity index is 580. The third-order valence-electron chi connectivity index (χ3n) is 2.86. The molecule has 104 valence electrons. The van der Waals surface area contributed by atoms with Gasteiger partial charge >= 0.3 is 0 Å². The minimum absolute atomic E-state index is 0.303. The van der Waals surface area contributed by atoms with Gasteiger partial charge in [0.25, 0.3) is 0 Å². The molecule has 2 aromatic heterocycles. The molecule has 0 unspecified atom stereocenters. The van der Waals surface area contributed by atoms with Gasteiger partial charge in [-0.1, -0.05) is 19.6 Å². The summed E-state index contributed by atoms with van der Waals surface area (Å²) in [5.41, 5.74) is 0.777. The highest BCUT2D eigenvalue weighted by Gasteiger charge is 2.13. The van der Waals surface area contributed by atoms with Crippen molar-refractivity contribution in [1.29, 1.82) is 0 Å². The van der Waals surface area contributed by atoms with Crippen molar-refractivity contribution in [3.05, 3.63) is 27.8 Å². The Balaban J connectivity index is 2.05. The lowest BCUT2D eigenvalue weighted by Gasteiger charge is -2.15. The van der Waals surface area contributed by atoms with E-state index in [0.29, 0.717) is 6.73 Å². The largest absolute Gasteiger partial charge is 0.361 e. The van der Waals surface area contributed by atoms with Crippen molar-refractivity contribution in [3.63, 3.8) is 0 Å². The van der Waals surface area contributed by atoms with E-state index < -0.39 is 8.07 Å². The first-order valence-corrected chi connectivity index (χ1v) is 11.0. The van der Waals surface area contributed by atoms with Gasteiger partial charge in [-0.05, 0) is 34.7 Å². The van der Waals surface area contributed by atoms with Crippen molar-refractivity contribution in [3.8, 4) is 0 Å². The van der Waals surface area contributed by atoms with Crippen molar-refractivity contribution in [2.75, 3.05) is 6.61 Å². The molecule has 0 radical (unpaired) electrons. The summed E-state index contributed by atoms with van der Waals surface area (Å²) in [6.07, 6.45) is 3.20. The van der Waals surface area contributed by atoms with Gasteiger partial charge in [0.15, 0.2) is 0 Å². The summed E-state index contributed by atoms with van der Waals surface area (Å²) in [6, 6.07) is 2.66. The molecule has 0 N–H and O–H groups in total. The number of halogens is 2. The number of hydrogen-bond acceptors (Lipinski definition) is 2. The van der Waals surface area contributed by atoms with E-state index in [4.69, 9.17) is 4.74 Å². The van der Waals surface area contributed by atoms with Gasteiger partial charge in [0.1, 0.15) is 18.2 Å². The Kier molecular flexibility index (Phi) is 4.62. The standard InChI is InChI=1S/C13H18FIN2OSi/c1-19(2,3)5-4-18-9-17-8-12(15)11-6-10(14)7-16-13(11)17/h6-8H,4-5,9H2,1-3H3. The van der Waals surface area contributed by atoms with Crippen LogP contribution in [0.3, 0.4) is 0 Å². The zero-order chi connectivity index (χ0) is 14.0. The number of nitrogens with zero attached hydrogens (tertiary/aromatic N) is 2. The Labute approximate surface area is 127 Å². The van der Waals surface area contributed by atoms with Crippen LogP contribution in [0.4, 0.5) is 4.39 Å². The van der Waals surface area contributed by atoms with Crippen molar-refractivity contribution in [1.82, 2.24) is 9.55 Å². The van der Waals surface area contributed by atoms with Crippen LogP contribution in [0.2, 0.25) is 25.7 Å². The highest BCUT2D eigenvalue weighted by molar-refractivity contribution is 14.1. The van der Waals surface area contributed by atoms with Crippen LogP contribution in [0.5, 0.6) is 0 Å². The van der Waals surface area contributed by atoms with E-state index in [-0.39, 0.29) is 5.82 Å². The van der Waals surface area contributed by atoms with Crippen molar-refractivity contribution in [2.45, 2.75) is 32.4 Å². The molecule has 0 saturated heterocycles. The number of hydrogen-bond donors (Lipinski definition) is 0. The fourth-order valence-corrected chi connectivity index (χ4v) is 3.23. The Morgan fingerprint density at radius 2 is 2.16 bits per heavy atom. The summed E-state index contributed by atoms with van der Waals surface area (Å²) in [7, 11) is -1.05. The van der Waals surface area contributed by atoms with E-state index in [0.717, 1.165) is 27.3 Å². The van der Waals surface area contributed by atoms with Crippen LogP contribution in [0, 0.1) is 9.39 Å². The summed E-state index contributed by atoms with van der Waals surface area (Å²) >= 11 is 2.19. The van der Waals surface area contributed by atoms with Gasteiger partial charge in [0, 0.05) is 29.8 Å². The number of rotatable bonds is 5. The first-order valence-electron chi connectivity index (χ1n) is 6.24. The van der Waals surface area contributed by atoms with Crippen LogP contribution in [0.1, 0.15) is 0 Å². The van der Waals surface area contributed by atoms with Crippen LogP contribution in [0.15, 0.2) is 18.5 Å². The van der Waals surface area contributed by atoms with Gasteiger partial charge in [-0.25, -0.2) is 9.37 Å². The lowest BCUT2D eigenvalue weighted by molar-refractivity contribution is 0.0898. The molecule has 0 atom stereocenters. The molecule has 0 spiro atoms. The van der Waals surface area contributed by atoms with E-state index in [2.05, 4.69) is 47.2 Å². The molecule has 0 aliphatic carbocycles. The summed E-state index contributed by atoms with van der Waals surface area (Å²) in [6.45, 7) is 8.23. The molecule has 0 aliphatic rings.